The summed E-state index contributed by atoms with van der Waals surface area (Å²) >= 11 is 0. The molecule has 0 unspecified atom stereocenters. The molecule has 0 saturated carbocycles. The molecule has 0 radical (unpaired) electrons. The number of likely N-dealkylation sites (tertiary alicyclic amines) is 1. The largest absolute Gasteiger partial charge is 0.381 e. The minimum absolute atomic E-state index is 0.104. The van der Waals surface area contributed by atoms with Crippen LogP contribution in [0.15, 0.2) is 29.3 Å². The highest BCUT2D eigenvalue weighted by Crippen LogP contribution is 2.26. The normalized spacial score (nSPS) is 17.6. The summed E-state index contributed by atoms with van der Waals surface area (Å²) in [5.41, 5.74) is 1.55. The highest BCUT2D eigenvalue weighted by molar-refractivity contribution is 6.02. The fraction of sp³-hybridized carbons (Fsp3) is 0.435. The number of imidazole rings is 2. The zero-order chi connectivity index (χ0) is 23.2. The van der Waals surface area contributed by atoms with Gasteiger partial charge in [0.25, 0.3) is 5.91 Å². The van der Waals surface area contributed by atoms with Gasteiger partial charge in [-0.15, -0.1) is 0 Å². The van der Waals surface area contributed by atoms with Crippen LogP contribution >= 0.6 is 0 Å². The number of H-pyrrole nitrogens is 1. The fourth-order valence-electron chi connectivity index (χ4n) is 4.92. The summed E-state index contributed by atoms with van der Waals surface area (Å²) < 4.78 is 22.6. The number of hydrogen-bond acceptors (Lipinski definition) is 6. The molecule has 2 fully saturated rings. The van der Waals surface area contributed by atoms with Gasteiger partial charge in [0.2, 0.25) is 5.95 Å². The molecule has 11 heteroatoms. The Hall–Kier alpha value is -3.60. The Labute approximate surface area is 193 Å². The number of fused-ring (bicyclic) bond motifs is 2. The second-order valence-electron chi connectivity index (χ2n) is 8.81. The molecule has 4 aromatic rings. The molecule has 2 saturated heterocycles. The predicted octanol–water partition coefficient (Wildman–Crippen LogP) is 2.58. The summed E-state index contributed by atoms with van der Waals surface area (Å²) in [6, 6.07) is 4.16. The first-order valence-corrected chi connectivity index (χ1v) is 11.6. The SMILES string of the molecule is O=C(c1nc(-n2cnc3ccc(F)cc32)nc2c1[nH]c(=O)n2C1CCOCC1)N1CCCCC1. The van der Waals surface area contributed by atoms with Crippen molar-refractivity contribution in [3.05, 3.63) is 46.5 Å². The van der Waals surface area contributed by atoms with Crippen molar-refractivity contribution in [2.24, 2.45) is 0 Å². The van der Waals surface area contributed by atoms with E-state index in [1.165, 1.54) is 18.5 Å². The minimum atomic E-state index is -0.416. The number of ether oxygens (including phenoxy) is 1. The van der Waals surface area contributed by atoms with E-state index >= 15 is 0 Å². The van der Waals surface area contributed by atoms with Crippen LogP contribution in [0.2, 0.25) is 0 Å². The first kappa shape index (κ1) is 21.0. The molecule has 0 spiro atoms. The molecular formula is C23H24FN7O3. The van der Waals surface area contributed by atoms with E-state index in [0.29, 0.717) is 61.3 Å². The summed E-state index contributed by atoms with van der Waals surface area (Å²) in [5, 5.41) is 0. The molecule has 176 valence electrons. The standard InChI is InChI=1S/C23H24FN7O3/c24-14-4-5-16-17(12-14)30(13-25-16)22-26-19(21(32)29-8-2-1-3-9-29)18-20(28-22)31(23(33)27-18)15-6-10-34-11-7-15/h4-5,12-13,15H,1-3,6-11H2,(H,27,33). The maximum absolute atomic E-state index is 14.0. The second-order valence-corrected chi connectivity index (χ2v) is 8.81. The average Bonchev–Trinajstić information content (AvgIpc) is 3.43. The molecular weight excluding hydrogens is 441 g/mol. The molecule has 0 bridgehead atoms. The first-order valence-electron chi connectivity index (χ1n) is 11.6. The van der Waals surface area contributed by atoms with E-state index in [9.17, 15) is 14.0 Å². The van der Waals surface area contributed by atoms with Crippen molar-refractivity contribution < 1.29 is 13.9 Å². The van der Waals surface area contributed by atoms with Crippen LogP contribution in [0.4, 0.5) is 4.39 Å². The van der Waals surface area contributed by atoms with Crippen molar-refractivity contribution in [1.82, 2.24) is 34.0 Å². The Bertz CT molecular complexity index is 1440. The number of halogens is 1. The zero-order valence-electron chi connectivity index (χ0n) is 18.5. The molecule has 1 amide bonds. The van der Waals surface area contributed by atoms with Crippen LogP contribution in [-0.2, 0) is 4.74 Å². The van der Waals surface area contributed by atoms with Gasteiger partial charge >= 0.3 is 5.69 Å². The fourth-order valence-corrected chi connectivity index (χ4v) is 4.92. The van der Waals surface area contributed by atoms with Crippen molar-refractivity contribution in [2.45, 2.75) is 38.1 Å². The summed E-state index contributed by atoms with van der Waals surface area (Å²) in [6.45, 7) is 2.38. The van der Waals surface area contributed by atoms with Gasteiger partial charge in [0.05, 0.1) is 11.0 Å². The molecule has 34 heavy (non-hydrogen) atoms. The van der Waals surface area contributed by atoms with Crippen molar-refractivity contribution >= 4 is 28.1 Å². The molecule has 1 N–H and O–H groups in total. The molecule has 10 nitrogen and oxygen atoms in total. The van der Waals surface area contributed by atoms with E-state index in [1.807, 2.05) is 0 Å². The molecule has 6 rings (SSSR count). The number of piperidine rings is 1. The van der Waals surface area contributed by atoms with Gasteiger partial charge < -0.3 is 14.6 Å². The molecule has 0 atom stereocenters. The Morgan fingerprint density at radius 3 is 2.71 bits per heavy atom. The van der Waals surface area contributed by atoms with E-state index in [1.54, 1.807) is 20.1 Å². The first-order chi connectivity index (χ1) is 16.6. The van der Waals surface area contributed by atoms with Crippen LogP contribution in [0.3, 0.4) is 0 Å². The zero-order valence-corrected chi connectivity index (χ0v) is 18.5. The van der Waals surface area contributed by atoms with Crippen molar-refractivity contribution in [1.29, 1.82) is 0 Å². The molecule has 0 aliphatic carbocycles. The summed E-state index contributed by atoms with van der Waals surface area (Å²) in [4.78, 5) is 44.8. The van der Waals surface area contributed by atoms with Gasteiger partial charge in [0.15, 0.2) is 11.3 Å². The van der Waals surface area contributed by atoms with E-state index in [4.69, 9.17) is 9.72 Å². The lowest BCUT2D eigenvalue weighted by molar-refractivity contribution is 0.0695. The lowest BCUT2D eigenvalue weighted by Gasteiger charge is -2.26. The quantitative estimate of drug-likeness (QED) is 0.498. The summed E-state index contributed by atoms with van der Waals surface area (Å²) in [5.74, 6) is -0.495. The summed E-state index contributed by atoms with van der Waals surface area (Å²) in [6.07, 6.45) is 5.78. The number of nitrogens with one attached hydrogen (secondary N) is 1. The number of carbonyl (C=O) groups is 1. The van der Waals surface area contributed by atoms with Gasteiger partial charge in [0, 0.05) is 38.4 Å². The number of benzene rings is 1. The number of amides is 1. The Kier molecular flexibility index (Phi) is 5.13. The van der Waals surface area contributed by atoms with Crippen LogP contribution in [0.5, 0.6) is 0 Å². The monoisotopic (exact) mass is 465 g/mol. The van der Waals surface area contributed by atoms with Gasteiger partial charge in [-0.2, -0.15) is 4.98 Å². The second kappa shape index (κ2) is 8.32. The maximum atomic E-state index is 14.0. The van der Waals surface area contributed by atoms with E-state index < -0.39 is 5.82 Å². The smallest absolute Gasteiger partial charge is 0.327 e. The molecule has 2 aliphatic heterocycles. The number of aromatic amines is 1. The number of hydrogen-bond donors (Lipinski definition) is 1. The lowest BCUT2D eigenvalue weighted by atomic mass is 10.1. The van der Waals surface area contributed by atoms with Gasteiger partial charge in [-0.25, -0.2) is 19.2 Å². The van der Waals surface area contributed by atoms with Gasteiger partial charge in [0.1, 0.15) is 17.7 Å². The van der Waals surface area contributed by atoms with Crippen molar-refractivity contribution in [2.75, 3.05) is 26.3 Å². The van der Waals surface area contributed by atoms with Gasteiger partial charge in [-0.05, 0) is 44.2 Å². The summed E-state index contributed by atoms with van der Waals surface area (Å²) in [7, 11) is 0. The lowest BCUT2D eigenvalue weighted by Crippen LogP contribution is -2.36. The molecule has 1 aromatic carbocycles. The number of aromatic nitrogens is 6. The van der Waals surface area contributed by atoms with Crippen molar-refractivity contribution in [3.8, 4) is 5.95 Å². The number of carbonyl (C=O) groups excluding carboxylic acids is 1. The minimum Gasteiger partial charge on any atom is -0.381 e. The van der Waals surface area contributed by atoms with Crippen LogP contribution in [0, 0.1) is 5.82 Å². The third-order valence-corrected chi connectivity index (χ3v) is 6.68. The van der Waals surface area contributed by atoms with Crippen LogP contribution in [0.1, 0.15) is 48.6 Å². The third-order valence-electron chi connectivity index (χ3n) is 6.68. The Morgan fingerprint density at radius 2 is 1.91 bits per heavy atom. The Morgan fingerprint density at radius 1 is 1.12 bits per heavy atom. The van der Waals surface area contributed by atoms with Gasteiger partial charge in [-0.1, -0.05) is 0 Å². The third kappa shape index (κ3) is 3.47. The van der Waals surface area contributed by atoms with E-state index in [0.717, 1.165) is 19.3 Å². The van der Waals surface area contributed by atoms with Crippen LogP contribution in [0.25, 0.3) is 28.1 Å². The van der Waals surface area contributed by atoms with Crippen LogP contribution in [-0.4, -0.2) is 66.2 Å². The topological polar surface area (TPSA) is 111 Å². The van der Waals surface area contributed by atoms with E-state index in [2.05, 4.69) is 15.0 Å². The number of nitrogens with zero attached hydrogens (tertiary/aromatic N) is 6. The molecule has 5 heterocycles. The van der Waals surface area contributed by atoms with E-state index in [-0.39, 0.29) is 29.3 Å². The maximum Gasteiger partial charge on any atom is 0.327 e. The molecule has 3 aromatic heterocycles. The average molecular weight is 465 g/mol. The number of rotatable bonds is 3. The Balaban J connectivity index is 1.58. The highest BCUT2D eigenvalue weighted by atomic mass is 19.1. The predicted molar refractivity (Wildman–Crippen MR) is 122 cm³/mol. The molecule has 2 aliphatic rings. The van der Waals surface area contributed by atoms with Gasteiger partial charge in [-0.3, -0.25) is 13.9 Å². The van der Waals surface area contributed by atoms with Crippen LogP contribution < -0.4 is 5.69 Å². The highest BCUT2D eigenvalue weighted by Gasteiger charge is 2.28. The van der Waals surface area contributed by atoms with Crippen molar-refractivity contribution in [3.63, 3.8) is 0 Å².